The minimum atomic E-state index is -0.265. The lowest BCUT2D eigenvalue weighted by Crippen LogP contribution is -2.22. The predicted molar refractivity (Wildman–Crippen MR) is 277 cm³/mol. The molecule has 1 aliphatic carbocycles. The van der Waals surface area contributed by atoms with Crippen LogP contribution in [0.15, 0.2) is 237 Å². The average molecular weight is 834 g/mol. The van der Waals surface area contributed by atoms with Crippen LogP contribution in [0.4, 0.5) is 17.1 Å². The molecule has 10 aromatic carbocycles. The zero-order valence-electron chi connectivity index (χ0n) is 37.5. The first-order chi connectivity index (χ1) is 31.8. The molecule has 0 aromatic heterocycles. The van der Waals surface area contributed by atoms with Crippen LogP contribution in [0.25, 0.3) is 66.4 Å². The molecule has 0 saturated carbocycles. The smallest absolute Gasteiger partial charge is 0.0540 e. The van der Waals surface area contributed by atoms with E-state index in [1.807, 2.05) is 0 Å². The molecule has 1 heteroatoms. The van der Waals surface area contributed by atoms with Gasteiger partial charge in [0.25, 0.3) is 0 Å². The first kappa shape index (κ1) is 40.1. The van der Waals surface area contributed by atoms with E-state index in [9.17, 15) is 0 Å². The van der Waals surface area contributed by atoms with Crippen molar-refractivity contribution in [3.63, 3.8) is 0 Å². The van der Waals surface area contributed by atoms with Gasteiger partial charge in [-0.25, -0.2) is 0 Å². The monoisotopic (exact) mass is 833 g/mol. The maximum Gasteiger partial charge on any atom is 0.0540 e. The van der Waals surface area contributed by atoms with Crippen LogP contribution in [0, 0.1) is 0 Å². The number of para-hydroxylation sites is 1. The highest BCUT2D eigenvalue weighted by atomic mass is 15.1. The van der Waals surface area contributed by atoms with E-state index < -0.39 is 0 Å². The summed E-state index contributed by atoms with van der Waals surface area (Å²) in [5.41, 5.74) is 20.6. The molecular weight excluding hydrogens is 783 g/mol. The van der Waals surface area contributed by atoms with E-state index in [0.717, 1.165) is 17.1 Å². The Kier molecular flexibility index (Phi) is 9.93. The van der Waals surface area contributed by atoms with Crippen molar-refractivity contribution in [1.82, 2.24) is 0 Å². The molecule has 10 aromatic rings. The molecule has 0 saturated heterocycles. The van der Waals surface area contributed by atoms with Crippen LogP contribution in [0.2, 0.25) is 0 Å². The Labute approximate surface area is 384 Å². The summed E-state index contributed by atoms with van der Waals surface area (Å²) in [6.45, 7) is 9.29. The maximum absolute atomic E-state index is 2.50. The number of anilines is 3. The summed E-state index contributed by atoms with van der Waals surface area (Å²) in [7, 11) is 0. The molecule has 1 aliphatic rings. The van der Waals surface area contributed by atoms with Crippen molar-refractivity contribution < 1.29 is 0 Å². The molecule has 0 heterocycles. The highest BCUT2D eigenvalue weighted by Gasteiger charge is 2.41. The summed E-state index contributed by atoms with van der Waals surface area (Å²) in [6.07, 6.45) is 0. The van der Waals surface area contributed by atoms with Crippen molar-refractivity contribution in [1.29, 1.82) is 0 Å². The van der Waals surface area contributed by atoms with Gasteiger partial charge in [0, 0.05) is 22.2 Å². The number of nitrogens with zero attached hydrogens (tertiary/aromatic N) is 1. The van der Waals surface area contributed by atoms with Crippen LogP contribution >= 0.6 is 0 Å². The molecule has 0 N–H and O–H groups in total. The third-order valence-electron chi connectivity index (χ3n) is 13.7. The molecule has 312 valence electrons. The van der Waals surface area contributed by atoms with E-state index in [1.165, 1.54) is 88.7 Å². The first-order valence-electron chi connectivity index (χ1n) is 22.8. The second-order valence-electron chi connectivity index (χ2n) is 18.6. The Balaban J connectivity index is 1.13. The molecule has 0 bridgehead atoms. The third-order valence-corrected chi connectivity index (χ3v) is 13.7. The van der Waals surface area contributed by atoms with Gasteiger partial charge in [0.05, 0.1) is 11.4 Å². The van der Waals surface area contributed by atoms with Gasteiger partial charge in [0.15, 0.2) is 0 Å². The highest BCUT2D eigenvalue weighted by molar-refractivity contribution is 6.09. The summed E-state index contributed by atoms with van der Waals surface area (Å²) in [4.78, 5) is 2.50. The SMILES string of the molecule is CC(C)(C)c1ccc(N(c2ccc(-c3cccc4c3-c3ccccc3C4(C)c3ccccc3)cc2)c2ccccc2-c2cccc3cccc(-c4ccccc4)c23)c(-c2ccccc2)c1. The maximum atomic E-state index is 2.50. The van der Waals surface area contributed by atoms with Gasteiger partial charge in [-0.1, -0.05) is 227 Å². The van der Waals surface area contributed by atoms with E-state index in [4.69, 9.17) is 0 Å². The second kappa shape index (κ2) is 16.1. The van der Waals surface area contributed by atoms with Crippen molar-refractivity contribution in [2.24, 2.45) is 0 Å². The van der Waals surface area contributed by atoms with Gasteiger partial charge >= 0.3 is 0 Å². The standard InChI is InChI=1S/C64H51N/c1-63(2,3)49-39-42-60(56(43-49)45-23-10-6-11-24-45)65(59-36-17-15-29-53(59)54-33-19-26-47-25-18-31-51(61(47)54)44-21-8-5-9-22-44)50-40-37-46(38-41-50)52-32-20-35-58-62(52)55-30-14-16-34-57(55)64(58,4)48-27-12-7-13-28-48/h5-43H,1-4H3. The fourth-order valence-electron chi connectivity index (χ4n) is 10.4. The molecule has 0 aliphatic heterocycles. The summed E-state index contributed by atoms with van der Waals surface area (Å²) >= 11 is 0. The van der Waals surface area contributed by atoms with E-state index >= 15 is 0 Å². The van der Waals surface area contributed by atoms with Gasteiger partial charge in [-0.05, 0) is 120 Å². The molecule has 1 unspecified atom stereocenters. The van der Waals surface area contributed by atoms with E-state index in [0.29, 0.717) is 0 Å². The summed E-state index contributed by atoms with van der Waals surface area (Å²) in [5.74, 6) is 0. The summed E-state index contributed by atoms with van der Waals surface area (Å²) in [6, 6.07) is 87.3. The zero-order chi connectivity index (χ0) is 44.1. The third kappa shape index (κ3) is 6.87. The molecule has 11 rings (SSSR count). The Morgan fingerprint density at radius 1 is 0.369 bits per heavy atom. The number of fused-ring (bicyclic) bond motifs is 4. The molecule has 0 spiro atoms. The van der Waals surface area contributed by atoms with Crippen LogP contribution in [0.3, 0.4) is 0 Å². The van der Waals surface area contributed by atoms with Crippen molar-refractivity contribution >= 4 is 27.8 Å². The van der Waals surface area contributed by atoms with E-state index in [2.05, 4.69) is 269 Å². The number of rotatable bonds is 8. The Bertz CT molecular complexity index is 3340. The lowest BCUT2D eigenvalue weighted by atomic mass is 9.74. The van der Waals surface area contributed by atoms with Gasteiger partial charge < -0.3 is 4.90 Å². The normalized spacial score (nSPS) is 14.2. The second-order valence-corrected chi connectivity index (χ2v) is 18.6. The molecule has 0 fully saturated rings. The molecule has 1 atom stereocenters. The van der Waals surface area contributed by atoms with Gasteiger partial charge in [-0.3, -0.25) is 0 Å². The quantitative estimate of drug-likeness (QED) is 0.147. The van der Waals surface area contributed by atoms with Crippen molar-refractivity contribution in [3.8, 4) is 55.6 Å². The Hall–Kier alpha value is -7.74. The van der Waals surface area contributed by atoms with E-state index in [-0.39, 0.29) is 10.8 Å². The summed E-state index contributed by atoms with van der Waals surface area (Å²) in [5, 5.41) is 2.46. The van der Waals surface area contributed by atoms with Gasteiger partial charge in [-0.2, -0.15) is 0 Å². The molecule has 65 heavy (non-hydrogen) atoms. The van der Waals surface area contributed by atoms with Gasteiger partial charge in [-0.15, -0.1) is 0 Å². The average Bonchev–Trinajstić information content (AvgIpc) is 3.63. The molecular formula is C64H51N. The lowest BCUT2D eigenvalue weighted by Gasteiger charge is -2.31. The zero-order valence-corrected chi connectivity index (χ0v) is 37.5. The number of hydrogen-bond acceptors (Lipinski definition) is 1. The van der Waals surface area contributed by atoms with Crippen molar-refractivity contribution in [2.45, 2.75) is 38.5 Å². The van der Waals surface area contributed by atoms with E-state index in [1.54, 1.807) is 0 Å². The van der Waals surface area contributed by atoms with Gasteiger partial charge in [0.2, 0.25) is 0 Å². The minimum Gasteiger partial charge on any atom is -0.309 e. The predicted octanol–water partition coefficient (Wildman–Crippen LogP) is 17.6. The van der Waals surface area contributed by atoms with Gasteiger partial charge in [0.1, 0.15) is 0 Å². The molecule has 0 amide bonds. The van der Waals surface area contributed by atoms with Crippen LogP contribution < -0.4 is 4.90 Å². The lowest BCUT2D eigenvalue weighted by molar-refractivity contribution is 0.590. The fraction of sp³-hybridized carbons (Fsp3) is 0.0938. The van der Waals surface area contributed by atoms with Crippen LogP contribution in [-0.2, 0) is 10.8 Å². The minimum absolute atomic E-state index is 0.0333. The number of benzene rings is 10. The van der Waals surface area contributed by atoms with Crippen molar-refractivity contribution in [2.75, 3.05) is 4.90 Å². The Morgan fingerprint density at radius 2 is 0.877 bits per heavy atom. The van der Waals surface area contributed by atoms with Crippen LogP contribution in [-0.4, -0.2) is 0 Å². The number of hydrogen-bond donors (Lipinski definition) is 0. The topological polar surface area (TPSA) is 3.24 Å². The first-order valence-corrected chi connectivity index (χ1v) is 22.8. The largest absolute Gasteiger partial charge is 0.309 e. The van der Waals surface area contributed by atoms with Crippen LogP contribution in [0.5, 0.6) is 0 Å². The highest BCUT2D eigenvalue weighted by Crippen LogP contribution is 2.55. The molecule has 0 radical (unpaired) electrons. The van der Waals surface area contributed by atoms with Crippen LogP contribution in [0.1, 0.15) is 49.9 Å². The van der Waals surface area contributed by atoms with Crippen molar-refractivity contribution in [3.05, 3.63) is 259 Å². The molecule has 1 nitrogen and oxygen atoms in total. The summed E-state index contributed by atoms with van der Waals surface area (Å²) < 4.78 is 0. The fourth-order valence-corrected chi connectivity index (χ4v) is 10.4. The Morgan fingerprint density at radius 3 is 1.57 bits per heavy atom.